The van der Waals surface area contributed by atoms with Crippen LogP contribution in [0.4, 0.5) is 4.39 Å². The van der Waals surface area contributed by atoms with Crippen molar-refractivity contribution in [3.8, 4) is 0 Å². The van der Waals surface area contributed by atoms with Gasteiger partial charge in [0.1, 0.15) is 18.5 Å². The second-order valence-corrected chi connectivity index (χ2v) is 8.40. The number of nitrogens with zero attached hydrogens (tertiary/aromatic N) is 1. The number of ether oxygens (including phenoxy) is 1. The number of hydrogen-bond acceptors (Lipinski definition) is 3. The summed E-state index contributed by atoms with van der Waals surface area (Å²) in [5, 5.41) is 0. The fourth-order valence-corrected chi connectivity index (χ4v) is 3.91. The van der Waals surface area contributed by atoms with Gasteiger partial charge in [0, 0.05) is 6.54 Å². The van der Waals surface area contributed by atoms with Gasteiger partial charge in [-0.05, 0) is 47.6 Å². The molecule has 4 heteroatoms. The summed E-state index contributed by atoms with van der Waals surface area (Å²) in [5.74, 6) is -0.153. The molecule has 0 bridgehead atoms. The average molecular weight is 369 g/mol. The molecule has 1 aliphatic rings. The minimum Gasteiger partial charge on any atom is -0.460 e. The molecule has 0 spiro atoms. The second kappa shape index (κ2) is 8.22. The largest absolute Gasteiger partial charge is 0.460 e. The summed E-state index contributed by atoms with van der Waals surface area (Å²) in [4.78, 5) is 15.1. The van der Waals surface area contributed by atoms with Gasteiger partial charge in [0.15, 0.2) is 0 Å². The molecular weight excluding hydrogens is 341 g/mol. The van der Waals surface area contributed by atoms with Crippen LogP contribution in [0.15, 0.2) is 54.6 Å². The first-order chi connectivity index (χ1) is 12.8. The molecule has 0 aliphatic carbocycles. The number of rotatable bonds is 5. The van der Waals surface area contributed by atoms with E-state index in [-0.39, 0.29) is 35.8 Å². The first kappa shape index (κ1) is 19.6. The summed E-state index contributed by atoms with van der Waals surface area (Å²) in [6.07, 6.45) is 0.919. The fraction of sp³-hybridized carbons (Fsp3) is 0.435. The molecule has 0 N–H and O–H groups in total. The molecule has 2 unspecified atom stereocenters. The van der Waals surface area contributed by atoms with Gasteiger partial charge in [0.2, 0.25) is 0 Å². The molecule has 2 aromatic rings. The third kappa shape index (κ3) is 4.95. The van der Waals surface area contributed by atoms with Crippen LogP contribution in [-0.2, 0) is 16.1 Å². The van der Waals surface area contributed by atoms with Crippen LogP contribution in [0, 0.1) is 11.2 Å². The smallest absolute Gasteiger partial charge is 0.324 e. The van der Waals surface area contributed by atoms with Crippen molar-refractivity contribution in [2.24, 2.45) is 5.41 Å². The second-order valence-electron chi connectivity index (χ2n) is 8.40. The Morgan fingerprint density at radius 2 is 1.93 bits per heavy atom. The molecule has 1 saturated heterocycles. The lowest BCUT2D eigenvalue weighted by molar-refractivity contribution is -0.155. The Kier molecular flexibility index (Phi) is 5.95. The topological polar surface area (TPSA) is 29.5 Å². The van der Waals surface area contributed by atoms with E-state index in [4.69, 9.17) is 4.74 Å². The molecule has 1 fully saturated rings. The van der Waals surface area contributed by atoms with Gasteiger partial charge >= 0.3 is 5.97 Å². The Morgan fingerprint density at radius 1 is 1.19 bits per heavy atom. The van der Waals surface area contributed by atoms with Crippen LogP contribution in [0.1, 0.15) is 44.2 Å². The summed E-state index contributed by atoms with van der Waals surface area (Å²) >= 11 is 0. The number of esters is 1. The maximum absolute atomic E-state index is 13.6. The first-order valence-electron chi connectivity index (χ1n) is 9.54. The molecule has 0 saturated carbocycles. The van der Waals surface area contributed by atoms with Gasteiger partial charge in [-0.1, -0.05) is 63.2 Å². The van der Waals surface area contributed by atoms with Crippen molar-refractivity contribution in [1.29, 1.82) is 0 Å². The van der Waals surface area contributed by atoms with Crippen molar-refractivity contribution in [2.75, 3.05) is 13.1 Å². The molecule has 0 aromatic heterocycles. The predicted molar refractivity (Wildman–Crippen MR) is 105 cm³/mol. The zero-order valence-corrected chi connectivity index (χ0v) is 16.3. The third-order valence-electron chi connectivity index (χ3n) is 5.17. The highest BCUT2D eigenvalue weighted by atomic mass is 19.1. The zero-order valence-electron chi connectivity index (χ0n) is 16.3. The van der Waals surface area contributed by atoms with Crippen molar-refractivity contribution in [1.82, 2.24) is 4.90 Å². The molecule has 27 heavy (non-hydrogen) atoms. The van der Waals surface area contributed by atoms with E-state index in [1.165, 1.54) is 6.07 Å². The maximum atomic E-state index is 13.6. The highest BCUT2D eigenvalue weighted by Crippen LogP contribution is 2.34. The Labute approximate surface area is 161 Å². The molecule has 1 heterocycles. The Morgan fingerprint density at radius 3 is 2.59 bits per heavy atom. The molecule has 3 rings (SSSR count). The van der Waals surface area contributed by atoms with E-state index < -0.39 is 0 Å². The quantitative estimate of drug-likeness (QED) is 0.711. The molecule has 0 amide bonds. The minimum atomic E-state index is -0.320. The molecule has 0 radical (unpaired) electrons. The number of carbonyl (C=O) groups excluding carboxylic acids is 1. The average Bonchev–Trinajstić information content (AvgIpc) is 3.09. The van der Waals surface area contributed by atoms with Crippen molar-refractivity contribution < 1.29 is 13.9 Å². The number of likely N-dealkylation sites (tertiary alicyclic amines) is 1. The standard InChI is InChI=1S/C23H28FNO2/c1-23(2,3)21(22(26)27-16-17-8-5-4-6-9-17)25-13-12-19(15-25)18-10-7-11-20(24)14-18/h4-11,14,19,21H,12-13,15-16H2,1-3H3. The zero-order chi connectivity index (χ0) is 19.4. The molecular formula is C23H28FNO2. The summed E-state index contributed by atoms with van der Waals surface area (Å²) in [6.45, 7) is 8.04. The van der Waals surface area contributed by atoms with Gasteiger partial charge in [-0.15, -0.1) is 0 Å². The minimum absolute atomic E-state index is 0.189. The molecule has 1 aliphatic heterocycles. The predicted octanol–water partition coefficient (Wildman–Crippen LogP) is 4.77. The molecule has 144 valence electrons. The van der Waals surface area contributed by atoms with E-state index in [9.17, 15) is 9.18 Å². The molecule has 2 atom stereocenters. The van der Waals surface area contributed by atoms with E-state index >= 15 is 0 Å². The van der Waals surface area contributed by atoms with E-state index in [0.29, 0.717) is 0 Å². The van der Waals surface area contributed by atoms with Crippen molar-refractivity contribution in [3.05, 3.63) is 71.5 Å². The Balaban J connectivity index is 1.69. The monoisotopic (exact) mass is 369 g/mol. The van der Waals surface area contributed by atoms with Crippen LogP contribution in [0.5, 0.6) is 0 Å². The highest BCUT2D eigenvalue weighted by Gasteiger charge is 2.41. The summed E-state index contributed by atoms with van der Waals surface area (Å²) in [6, 6.07) is 16.2. The number of carbonyl (C=O) groups is 1. The molecule has 3 nitrogen and oxygen atoms in total. The van der Waals surface area contributed by atoms with E-state index in [1.807, 2.05) is 36.4 Å². The van der Waals surface area contributed by atoms with E-state index in [2.05, 4.69) is 25.7 Å². The van der Waals surface area contributed by atoms with Crippen LogP contribution in [0.2, 0.25) is 0 Å². The summed E-state index contributed by atoms with van der Waals surface area (Å²) < 4.78 is 19.2. The van der Waals surface area contributed by atoms with Crippen LogP contribution in [-0.4, -0.2) is 30.0 Å². The SMILES string of the molecule is CC(C)(C)C(C(=O)OCc1ccccc1)N1CCC(c2cccc(F)c2)C1. The van der Waals surface area contributed by atoms with Gasteiger partial charge in [-0.3, -0.25) is 9.69 Å². The number of hydrogen-bond donors (Lipinski definition) is 0. The third-order valence-corrected chi connectivity index (χ3v) is 5.17. The Hall–Kier alpha value is -2.20. The van der Waals surface area contributed by atoms with Crippen molar-refractivity contribution in [2.45, 2.75) is 45.8 Å². The maximum Gasteiger partial charge on any atom is 0.324 e. The van der Waals surface area contributed by atoms with E-state index in [1.54, 1.807) is 12.1 Å². The van der Waals surface area contributed by atoms with E-state index in [0.717, 1.165) is 30.6 Å². The number of halogens is 1. The lowest BCUT2D eigenvalue weighted by atomic mass is 9.85. The van der Waals surface area contributed by atoms with Crippen LogP contribution >= 0.6 is 0 Å². The summed E-state index contributed by atoms with van der Waals surface area (Å²) in [5.41, 5.74) is 1.74. The first-order valence-corrected chi connectivity index (χ1v) is 9.54. The lowest BCUT2D eigenvalue weighted by Gasteiger charge is -2.36. The Bertz CT molecular complexity index is 769. The lowest BCUT2D eigenvalue weighted by Crippen LogP contribution is -2.49. The van der Waals surface area contributed by atoms with Gasteiger partial charge in [-0.2, -0.15) is 0 Å². The summed E-state index contributed by atoms with van der Waals surface area (Å²) in [7, 11) is 0. The highest BCUT2D eigenvalue weighted by molar-refractivity contribution is 5.77. The van der Waals surface area contributed by atoms with Gasteiger partial charge < -0.3 is 4.74 Å². The van der Waals surface area contributed by atoms with Crippen LogP contribution in [0.25, 0.3) is 0 Å². The number of benzene rings is 2. The van der Waals surface area contributed by atoms with Gasteiger partial charge in [-0.25, -0.2) is 4.39 Å². The normalized spacial score (nSPS) is 19.0. The van der Waals surface area contributed by atoms with Gasteiger partial charge in [0.25, 0.3) is 0 Å². The fourth-order valence-electron chi connectivity index (χ4n) is 3.91. The molecule has 2 aromatic carbocycles. The van der Waals surface area contributed by atoms with Gasteiger partial charge in [0.05, 0.1) is 0 Å². The van der Waals surface area contributed by atoms with Crippen molar-refractivity contribution in [3.63, 3.8) is 0 Å². The van der Waals surface area contributed by atoms with Crippen LogP contribution < -0.4 is 0 Å². The van der Waals surface area contributed by atoms with Crippen LogP contribution in [0.3, 0.4) is 0 Å². The van der Waals surface area contributed by atoms with Crippen molar-refractivity contribution >= 4 is 5.97 Å².